The van der Waals surface area contributed by atoms with E-state index in [1.165, 1.54) is 0 Å². The van der Waals surface area contributed by atoms with Crippen LogP contribution in [0, 0.1) is 0 Å². The number of ether oxygens (including phenoxy) is 1. The Bertz CT molecular complexity index is 310. The second-order valence-corrected chi connectivity index (χ2v) is 16.6. The van der Waals surface area contributed by atoms with Crippen molar-refractivity contribution in [2.75, 3.05) is 6.23 Å². The van der Waals surface area contributed by atoms with Crippen LogP contribution in [0.2, 0.25) is 31.7 Å². The summed E-state index contributed by atoms with van der Waals surface area (Å²) in [6.07, 6.45) is 0.0404. The fourth-order valence-electron chi connectivity index (χ4n) is 1.44. The molecule has 0 aliphatic rings. The Morgan fingerprint density at radius 3 is 2.00 bits per heavy atom. The molecule has 0 spiro atoms. The summed E-state index contributed by atoms with van der Waals surface area (Å²) in [5.41, 5.74) is 0.290. The Balaban J connectivity index is 4.36. The van der Waals surface area contributed by atoms with Gasteiger partial charge in [-0.3, -0.25) is 0 Å². The van der Waals surface area contributed by atoms with Crippen LogP contribution in [0.4, 0.5) is 4.79 Å². The third-order valence-electron chi connectivity index (χ3n) is 2.96. The number of rotatable bonds is 5. The summed E-state index contributed by atoms with van der Waals surface area (Å²) in [6, 6.07) is 0. The van der Waals surface area contributed by atoms with Crippen LogP contribution >= 0.6 is 0 Å². The second kappa shape index (κ2) is 6.41. The van der Waals surface area contributed by atoms with E-state index < -0.39 is 16.6 Å². The third kappa shape index (κ3) is 8.44. The molecule has 0 rings (SSSR count). The van der Waals surface area contributed by atoms with Gasteiger partial charge >= 0.3 is 6.09 Å². The molecule has 0 saturated heterocycles. The summed E-state index contributed by atoms with van der Waals surface area (Å²) in [4.78, 5) is 11.6. The molecule has 0 aromatic heterocycles. The zero-order valence-corrected chi connectivity index (χ0v) is 16.0. The number of nitrogens with one attached hydrogen (secondary N) is 1. The fourth-order valence-corrected chi connectivity index (χ4v) is 8.80. The number of carbonyl (C=O) groups is 1. The number of carbonyl (C=O) groups excluding carboxylic acids is 1. The predicted molar refractivity (Wildman–Crippen MR) is 85.4 cm³/mol. The van der Waals surface area contributed by atoms with Gasteiger partial charge in [0.05, 0.1) is 0 Å². The highest BCUT2D eigenvalue weighted by Gasteiger charge is 2.36. The van der Waals surface area contributed by atoms with E-state index >= 15 is 0 Å². The van der Waals surface area contributed by atoms with Gasteiger partial charge in [-0.25, -0.2) is 4.79 Å². The lowest BCUT2D eigenvalue weighted by Gasteiger charge is -2.36. The van der Waals surface area contributed by atoms with Crippen LogP contribution in [0.5, 0.6) is 0 Å². The van der Waals surface area contributed by atoms with Crippen molar-refractivity contribution in [3.63, 3.8) is 0 Å². The molecule has 0 unspecified atom stereocenters. The minimum absolute atomic E-state index is 0.268. The molecule has 0 aliphatic carbocycles. The normalized spacial score (nSPS) is 13.6. The molecule has 114 valence electrons. The van der Waals surface area contributed by atoms with Crippen LogP contribution < -0.4 is 5.32 Å². The van der Waals surface area contributed by atoms with Crippen molar-refractivity contribution in [1.29, 1.82) is 0 Å². The summed E-state index contributed by atoms with van der Waals surface area (Å²) in [6.45, 7) is 18.9. The van der Waals surface area contributed by atoms with E-state index in [0.717, 1.165) is 0 Å². The first-order valence-electron chi connectivity index (χ1n) is 6.90. The maximum atomic E-state index is 11.6. The van der Waals surface area contributed by atoms with Gasteiger partial charge in [0.25, 0.3) is 0 Å². The molecule has 0 aromatic carbocycles. The van der Waals surface area contributed by atoms with Gasteiger partial charge in [-0.2, -0.15) is 0 Å². The van der Waals surface area contributed by atoms with E-state index in [1.807, 2.05) is 20.8 Å². The lowest BCUT2D eigenvalue weighted by Crippen LogP contribution is -2.50. The van der Waals surface area contributed by atoms with Crippen LogP contribution in [0.3, 0.4) is 0 Å². The fraction of sp³-hybridized carbons (Fsp3) is 0.923. The predicted octanol–water partition coefficient (Wildman–Crippen LogP) is 3.89. The highest BCUT2D eigenvalue weighted by molar-refractivity contribution is 6.85. The molecule has 0 fully saturated rings. The largest absolute Gasteiger partial charge is 0.453 e. The Morgan fingerprint density at radius 1 is 1.16 bits per heavy atom. The van der Waals surface area contributed by atoms with E-state index in [2.05, 4.69) is 45.4 Å². The van der Waals surface area contributed by atoms with Crippen LogP contribution in [0.25, 0.3) is 0 Å². The lowest BCUT2D eigenvalue weighted by molar-refractivity contribution is 0.149. The van der Waals surface area contributed by atoms with Crippen molar-refractivity contribution in [1.82, 2.24) is 5.32 Å². The average Bonchev–Trinajstić information content (AvgIpc) is 2.10. The maximum absolute atomic E-state index is 11.6. The van der Waals surface area contributed by atoms with E-state index in [4.69, 9.17) is 8.85 Å². The second-order valence-electron chi connectivity index (χ2n) is 7.57. The molecular weight excluding hydrogens is 274 g/mol. The number of hydrogen-bond donors (Lipinski definition) is 1. The molecule has 1 amide bonds. The Kier molecular flexibility index (Phi) is 6.30. The minimum Gasteiger partial charge on any atom is -0.453 e. The van der Waals surface area contributed by atoms with E-state index in [-0.39, 0.29) is 11.6 Å². The summed E-state index contributed by atoms with van der Waals surface area (Å²) < 4.78 is 11.7. The smallest absolute Gasteiger partial charge is 0.407 e. The quantitative estimate of drug-likeness (QED) is 0.784. The van der Waals surface area contributed by atoms with Crippen molar-refractivity contribution >= 4 is 22.7 Å². The number of alkyl carbamates (subject to hydrolysis) is 1. The molecule has 1 N–H and O–H groups in total. The maximum Gasteiger partial charge on any atom is 0.407 e. The lowest BCUT2D eigenvalue weighted by atomic mass is 10.1. The van der Waals surface area contributed by atoms with Gasteiger partial charge in [-0.05, 0) is 52.5 Å². The van der Waals surface area contributed by atoms with Gasteiger partial charge < -0.3 is 14.2 Å². The van der Waals surface area contributed by atoms with Gasteiger partial charge in [-0.15, -0.1) is 0 Å². The molecule has 0 saturated carbocycles. The van der Waals surface area contributed by atoms with Crippen molar-refractivity contribution in [2.45, 2.75) is 71.9 Å². The van der Waals surface area contributed by atoms with E-state index in [1.54, 1.807) is 0 Å². The Morgan fingerprint density at radius 2 is 1.63 bits per heavy atom. The van der Waals surface area contributed by atoms with Crippen LogP contribution in [0.1, 0.15) is 34.6 Å². The third-order valence-corrected chi connectivity index (χ3v) is 10.9. The highest BCUT2D eigenvalue weighted by Crippen LogP contribution is 2.25. The molecule has 0 atom stereocenters. The zero-order valence-electron chi connectivity index (χ0n) is 14.0. The highest BCUT2D eigenvalue weighted by atomic mass is 28.4. The van der Waals surface area contributed by atoms with Crippen molar-refractivity contribution in [2.24, 2.45) is 0 Å². The Labute approximate surface area is 120 Å². The summed E-state index contributed by atoms with van der Waals surface area (Å²) in [5, 5.41) is 2.79. The molecule has 4 nitrogen and oxygen atoms in total. The zero-order chi connectivity index (χ0) is 15.5. The van der Waals surface area contributed by atoms with E-state index in [0.29, 0.717) is 11.8 Å². The summed E-state index contributed by atoms with van der Waals surface area (Å²) in [5.74, 6) is 0. The molecule has 0 heterocycles. The van der Waals surface area contributed by atoms with Crippen LogP contribution in [0.15, 0.2) is 0 Å². The SMILES string of the molecule is CC(C)[Si](C)(C)O[Si](C)(C)COC(=O)NC(C)(C)C. The summed E-state index contributed by atoms with van der Waals surface area (Å²) in [7, 11) is -3.65. The first kappa shape index (κ1) is 18.7. The van der Waals surface area contributed by atoms with Crippen molar-refractivity contribution < 1.29 is 13.6 Å². The standard InChI is InChI=1S/C13H31NO3Si2/c1-11(2)19(8,9)17-18(6,7)10-16-12(15)14-13(3,4)5/h11H,10H2,1-9H3,(H,14,15). The van der Waals surface area contributed by atoms with Gasteiger partial charge in [0, 0.05) is 5.54 Å². The first-order chi connectivity index (χ1) is 8.25. The van der Waals surface area contributed by atoms with Crippen LogP contribution in [-0.2, 0) is 8.85 Å². The molecule has 6 heteroatoms. The molecule has 0 radical (unpaired) electrons. The number of hydrogen-bond acceptors (Lipinski definition) is 3. The van der Waals surface area contributed by atoms with Gasteiger partial charge in [0.1, 0.15) is 6.23 Å². The molecule has 0 bridgehead atoms. The molecule has 0 aliphatic heterocycles. The average molecular weight is 306 g/mol. The molecule has 19 heavy (non-hydrogen) atoms. The first-order valence-corrected chi connectivity index (χ1v) is 13.0. The molecule has 0 aromatic rings. The van der Waals surface area contributed by atoms with Crippen molar-refractivity contribution in [3.8, 4) is 0 Å². The molecular formula is C13H31NO3Si2. The summed E-state index contributed by atoms with van der Waals surface area (Å²) >= 11 is 0. The van der Waals surface area contributed by atoms with Gasteiger partial charge in [0.2, 0.25) is 8.32 Å². The minimum atomic E-state index is -1.96. The van der Waals surface area contributed by atoms with Crippen molar-refractivity contribution in [3.05, 3.63) is 0 Å². The van der Waals surface area contributed by atoms with Crippen LogP contribution in [-0.4, -0.2) is 34.5 Å². The van der Waals surface area contributed by atoms with Gasteiger partial charge in [-0.1, -0.05) is 13.8 Å². The topological polar surface area (TPSA) is 47.6 Å². The van der Waals surface area contributed by atoms with E-state index in [9.17, 15) is 4.79 Å². The monoisotopic (exact) mass is 305 g/mol. The Hall–Kier alpha value is -0.336. The number of amides is 1. The van der Waals surface area contributed by atoms with Gasteiger partial charge in [0.15, 0.2) is 8.32 Å².